The van der Waals surface area contributed by atoms with E-state index in [1.54, 1.807) is 0 Å². The van der Waals surface area contributed by atoms with Crippen LogP contribution in [0.15, 0.2) is 72.9 Å². The largest absolute Gasteiger partial charge is 0.472 e. The Labute approximate surface area is 622 Å². The number of esters is 4. The third kappa shape index (κ3) is 74.8. The smallest absolute Gasteiger partial charge is 0.462 e. The summed E-state index contributed by atoms with van der Waals surface area (Å²) in [7, 11) is -9.96. The van der Waals surface area contributed by atoms with Crippen molar-refractivity contribution >= 4 is 39.5 Å². The average Bonchev–Trinajstić information content (AvgIpc) is 0.917. The van der Waals surface area contributed by atoms with E-state index in [9.17, 15) is 43.2 Å². The molecule has 0 amide bonds. The number of rotatable bonds is 78. The Hall–Kier alpha value is -3.50. The van der Waals surface area contributed by atoms with Crippen LogP contribution < -0.4 is 0 Å². The number of unbranched alkanes of at least 4 members (excludes halogenated alkanes) is 40. The highest BCUT2D eigenvalue weighted by molar-refractivity contribution is 7.47. The molecule has 0 saturated heterocycles. The van der Waals surface area contributed by atoms with Crippen molar-refractivity contribution in [2.75, 3.05) is 39.6 Å². The lowest BCUT2D eigenvalue weighted by Gasteiger charge is -2.21. The Kier molecular flexibility index (Phi) is 73.1. The molecule has 0 aromatic heterocycles. The van der Waals surface area contributed by atoms with Crippen molar-refractivity contribution in [3.05, 3.63) is 72.9 Å². The number of hydrogen-bond acceptors (Lipinski definition) is 15. The highest BCUT2D eigenvalue weighted by atomic mass is 31.2. The lowest BCUT2D eigenvalue weighted by Crippen LogP contribution is -2.30. The van der Waals surface area contributed by atoms with Crippen molar-refractivity contribution in [1.29, 1.82) is 0 Å². The van der Waals surface area contributed by atoms with Crippen LogP contribution in [0.2, 0.25) is 0 Å². The molecule has 0 radical (unpaired) electrons. The first-order valence-corrected chi connectivity index (χ1v) is 44.2. The molecule has 0 spiro atoms. The predicted octanol–water partition coefficient (Wildman–Crippen LogP) is 24.0. The Morgan fingerprint density at radius 3 is 0.794 bits per heavy atom. The molecular weight excluding hydrogens is 1330 g/mol. The number of allylic oxidation sites excluding steroid dienone is 12. The van der Waals surface area contributed by atoms with Gasteiger partial charge in [-0.25, -0.2) is 9.13 Å². The second-order valence-corrected chi connectivity index (χ2v) is 30.6. The minimum atomic E-state index is -4.99. The molecule has 0 aromatic rings. The SMILES string of the molecule is CCCCC/C=C\C/C=C\C/C=C\C/C=C\CCCC(=O)O[C@H](COC(=O)CCCCCCCCCCCCCCCCCCC)COP(=O)(O)OC[C@H](O)COP(=O)(O)OC[C@@H](COC(=O)CCCCCCCCCCCCCCC)OC(=O)CCCCCCC/C=C\C/C=C\CCCCC. The number of hydrogen-bond donors (Lipinski definition) is 3. The maximum Gasteiger partial charge on any atom is 0.472 e. The number of phosphoric ester groups is 2. The monoisotopic (exact) mass is 1480 g/mol. The minimum Gasteiger partial charge on any atom is -0.462 e. The zero-order chi connectivity index (χ0) is 74.6. The van der Waals surface area contributed by atoms with Gasteiger partial charge in [0.1, 0.15) is 19.3 Å². The fourth-order valence-electron chi connectivity index (χ4n) is 11.4. The molecular formula is C83H150O17P2. The number of carbonyl (C=O) groups excluding carboxylic acids is 4. The van der Waals surface area contributed by atoms with Crippen LogP contribution in [0.5, 0.6) is 0 Å². The highest BCUT2D eigenvalue weighted by Crippen LogP contribution is 2.45. The van der Waals surface area contributed by atoms with E-state index in [4.69, 9.17) is 37.0 Å². The van der Waals surface area contributed by atoms with Gasteiger partial charge in [-0.05, 0) is 96.3 Å². The average molecular weight is 1480 g/mol. The molecule has 0 saturated carbocycles. The van der Waals surface area contributed by atoms with Crippen LogP contribution in [0.4, 0.5) is 0 Å². The number of phosphoric acid groups is 2. The van der Waals surface area contributed by atoms with Gasteiger partial charge in [-0.3, -0.25) is 37.3 Å². The molecule has 0 heterocycles. The van der Waals surface area contributed by atoms with Crippen LogP contribution in [0, 0.1) is 0 Å². The summed E-state index contributed by atoms with van der Waals surface area (Å²) in [6, 6.07) is 0. The number of ether oxygens (including phenoxy) is 4. The molecule has 0 aliphatic rings. The van der Waals surface area contributed by atoms with Crippen molar-refractivity contribution in [3.8, 4) is 0 Å². The Balaban J connectivity index is 5.38. The zero-order valence-corrected chi connectivity index (χ0v) is 66.8. The Bertz CT molecular complexity index is 2210. The summed E-state index contributed by atoms with van der Waals surface area (Å²) in [6.07, 6.45) is 77.4. The number of carbonyl (C=O) groups is 4. The lowest BCUT2D eigenvalue weighted by atomic mass is 10.0. The molecule has 3 N–H and O–H groups in total. The van der Waals surface area contributed by atoms with E-state index < -0.39 is 97.5 Å². The summed E-state index contributed by atoms with van der Waals surface area (Å²) in [5, 5.41) is 10.6. The Morgan fingerprint density at radius 2 is 0.490 bits per heavy atom. The zero-order valence-electron chi connectivity index (χ0n) is 65.0. The summed E-state index contributed by atoms with van der Waals surface area (Å²) >= 11 is 0. The minimum absolute atomic E-state index is 0.0233. The summed E-state index contributed by atoms with van der Waals surface area (Å²) in [4.78, 5) is 73.0. The molecule has 0 fully saturated rings. The molecule has 2 unspecified atom stereocenters. The first-order valence-electron chi connectivity index (χ1n) is 41.2. The normalized spacial score (nSPS) is 14.2. The highest BCUT2D eigenvalue weighted by Gasteiger charge is 2.30. The lowest BCUT2D eigenvalue weighted by molar-refractivity contribution is -0.161. The van der Waals surface area contributed by atoms with E-state index in [0.717, 1.165) is 109 Å². The van der Waals surface area contributed by atoms with Gasteiger partial charge in [0.15, 0.2) is 12.2 Å². The fraction of sp³-hybridized carbons (Fsp3) is 0.807. The van der Waals surface area contributed by atoms with Crippen LogP contribution in [0.3, 0.4) is 0 Å². The molecule has 0 bridgehead atoms. The topological polar surface area (TPSA) is 237 Å². The molecule has 0 aromatic carbocycles. The molecule has 5 atom stereocenters. The van der Waals surface area contributed by atoms with E-state index in [0.29, 0.717) is 32.1 Å². The van der Waals surface area contributed by atoms with Crippen LogP contribution in [0.25, 0.3) is 0 Å². The van der Waals surface area contributed by atoms with E-state index >= 15 is 0 Å². The van der Waals surface area contributed by atoms with Gasteiger partial charge in [0.05, 0.1) is 26.4 Å². The van der Waals surface area contributed by atoms with E-state index in [-0.39, 0.29) is 25.7 Å². The maximum absolute atomic E-state index is 13.1. The van der Waals surface area contributed by atoms with Crippen molar-refractivity contribution < 1.29 is 80.2 Å². The Morgan fingerprint density at radius 1 is 0.275 bits per heavy atom. The van der Waals surface area contributed by atoms with Crippen LogP contribution in [-0.2, 0) is 65.4 Å². The van der Waals surface area contributed by atoms with Gasteiger partial charge < -0.3 is 33.8 Å². The predicted molar refractivity (Wildman–Crippen MR) is 418 cm³/mol. The van der Waals surface area contributed by atoms with E-state index in [1.165, 1.54) is 180 Å². The fourth-order valence-corrected chi connectivity index (χ4v) is 12.9. The quantitative estimate of drug-likeness (QED) is 0.0169. The van der Waals surface area contributed by atoms with Gasteiger partial charge in [-0.2, -0.15) is 0 Å². The van der Waals surface area contributed by atoms with Crippen LogP contribution >= 0.6 is 15.6 Å². The standard InChI is InChI=1S/C83H150O17P2/c1-5-9-13-17-21-25-29-33-36-38-41-44-48-52-56-60-64-68-81(86)94-74-79(100-83(88)70-66-62-58-54-50-46-42-39-37-34-30-26-22-18-14-10-6-2)76-98-102(91,92)96-72-77(84)71-95-101(89,90)97-75-78(73-93-80(85)67-63-59-55-51-47-43-32-28-24-20-16-12-8-4)99-82(87)69-65-61-57-53-49-45-40-35-31-27-23-19-15-11-7-3/h22-23,26-27,34-35,37,40,42,46,54,58,77-79,84H,5-21,24-25,28-33,36,38-39,41,43-45,47-53,55-57,59-76H2,1-4H3,(H,89,90)(H,91,92)/b26-22-,27-23-,37-34-,40-35-,46-42-,58-54-/t77-,78-,79-/m1/s1. The summed E-state index contributed by atoms with van der Waals surface area (Å²) < 4.78 is 68.6. The molecule has 594 valence electrons. The van der Waals surface area contributed by atoms with E-state index in [1.807, 2.05) is 12.2 Å². The van der Waals surface area contributed by atoms with Gasteiger partial charge in [0.2, 0.25) is 0 Å². The van der Waals surface area contributed by atoms with Crippen LogP contribution in [-0.4, -0.2) is 96.7 Å². The van der Waals surface area contributed by atoms with Gasteiger partial charge in [-0.1, -0.05) is 325 Å². The van der Waals surface area contributed by atoms with Crippen molar-refractivity contribution in [2.24, 2.45) is 0 Å². The molecule has 0 aliphatic carbocycles. The number of aliphatic hydroxyl groups is 1. The second kappa shape index (κ2) is 75.7. The van der Waals surface area contributed by atoms with E-state index in [2.05, 4.69) is 88.5 Å². The molecule has 0 aliphatic heterocycles. The van der Waals surface area contributed by atoms with Crippen molar-refractivity contribution in [1.82, 2.24) is 0 Å². The van der Waals surface area contributed by atoms with Gasteiger partial charge in [-0.15, -0.1) is 0 Å². The summed E-state index contributed by atoms with van der Waals surface area (Å²) in [5.74, 6) is -2.22. The number of aliphatic hydroxyl groups excluding tert-OH is 1. The molecule has 17 nitrogen and oxygen atoms in total. The van der Waals surface area contributed by atoms with Crippen molar-refractivity contribution in [2.45, 2.75) is 393 Å². The third-order valence-corrected chi connectivity index (χ3v) is 19.6. The third-order valence-electron chi connectivity index (χ3n) is 17.7. The first kappa shape index (κ1) is 98.5. The summed E-state index contributed by atoms with van der Waals surface area (Å²) in [5.41, 5.74) is 0. The maximum atomic E-state index is 13.1. The van der Waals surface area contributed by atoms with Crippen LogP contribution in [0.1, 0.15) is 374 Å². The molecule has 102 heavy (non-hydrogen) atoms. The van der Waals surface area contributed by atoms with Gasteiger partial charge in [0.25, 0.3) is 0 Å². The summed E-state index contributed by atoms with van der Waals surface area (Å²) in [6.45, 7) is 4.82. The second-order valence-electron chi connectivity index (χ2n) is 27.7. The first-order chi connectivity index (χ1) is 49.7. The van der Waals surface area contributed by atoms with Crippen molar-refractivity contribution in [3.63, 3.8) is 0 Å². The van der Waals surface area contributed by atoms with Gasteiger partial charge >= 0.3 is 39.5 Å². The van der Waals surface area contributed by atoms with Gasteiger partial charge in [0, 0.05) is 25.7 Å². The molecule has 0 rings (SSSR count). The molecule has 19 heteroatoms.